The summed E-state index contributed by atoms with van der Waals surface area (Å²) in [5.41, 5.74) is 3.74. The van der Waals surface area contributed by atoms with Crippen LogP contribution in [0.5, 0.6) is 5.75 Å². The Hall–Kier alpha value is -3.41. The van der Waals surface area contributed by atoms with E-state index in [0.717, 1.165) is 29.8 Å². The molecule has 0 spiro atoms. The third-order valence-electron chi connectivity index (χ3n) is 5.35. The number of hydrogen-bond acceptors (Lipinski definition) is 5. The molecule has 148 valence electrons. The van der Waals surface area contributed by atoms with Gasteiger partial charge in [0, 0.05) is 41.1 Å². The van der Waals surface area contributed by atoms with Crippen molar-refractivity contribution in [1.82, 2.24) is 10.3 Å². The number of nitrogens with zero attached hydrogens (tertiary/aromatic N) is 1. The van der Waals surface area contributed by atoms with Crippen LogP contribution in [0.2, 0.25) is 0 Å². The molecule has 6 heteroatoms. The summed E-state index contributed by atoms with van der Waals surface area (Å²) in [6.07, 6.45) is 3.74. The molecule has 1 aliphatic heterocycles. The highest BCUT2D eigenvalue weighted by molar-refractivity contribution is 6.09. The molecular formula is C23H23N3O3. The van der Waals surface area contributed by atoms with Crippen molar-refractivity contribution in [3.05, 3.63) is 76.8 Å². The van der Waals surface area contributed by atoms with Gasteiger partial charge in [0.05, 0.1) is 7.11 Å². The Labute approximate surface area is 169 Å². The minimum absolute atomic E-state index is 0.0854. The summed E-state index contributed by atoms with van der Waals surface area (Å²) in [5, 5.41) is 6.19. The SMILES string of the molecule is COc1cccc(C2C(C(=O)Nc3ccccn3)=C(C)NC3=C2C(=O)CCC3)c1. The summed E-state index contributed by atoms with van der Waals surface area (Å²) in [6, 6.07) is 12.9. The summed E-state index contributed by atoms with van der Waals surface area (Å²) >= 11 is 0. The average Bonchev–Trinajstić information content (AvgIpc) is 2.73. The van der Waals surface area contributed by atoms with Crippen LogP contribution < -0.4 is 15.4 Å². The number of ketones is 1. The Balaban J connectivity index is 1.81. The number of amides is 1. The number of nitrogens with one attached hydrogen (secondary N) is 2. The van der Waals surface area contributed by atoms with Gasteiger partial charge < -0.3 is 15.4 Å². The van der Waals surface area contributed by atoms with Crippen LogP contribution in [0.3, 0.4) is 0 Å². The third-order valence-corrected chi connectivity index (χ3v) is 5.35. The molecule has 1 aliphatic carbocycles. The number of rotatable bonds is 4. The molecule has 2 aliphatic rings. The van der Waals surface area contributed by atoms with E-state index in [1.54, 1.807) is 25.4 Å². The zero-order chi connectivity index (χ0) is 20.4. The summed E-state index contributed by atoms with van der Waals surface area (Å²) in [4.78, 5) is 30.4. The molecule has 0 bridgehead atoms. The highest BCUT2D eigenvalue weighted by atomic mass is 16.5. The van der Waals surface area contributed by atoms with Crippen molar-refractivity contribution >= 4 is 17.5 Å². The van der Waals surface area contributed by atoms with Gasteiger partial charge in [0.1, 0.15) is 11.6 Å². The molecule has 4 rings (SSSR count). The summed E-state index contributed by atoms with van der Waals surface area (Å²) < 4.78 is 5.38. The Morgan fingerprint density at radius 1 is 1.21 bits per heavy atom. The maximum Gasteiger partial charge on any atom is 0.255 e. The number of Topliss-reactive ketones (excluding diaryl/α,β-unsaturated/α-hetero) is 1. The van der Waals surface area contributed by atoms with Crippen LogP contribution in [-0.4, -0.2) is 23.8 Å². The van der Waals surface area contributed by atoms with Gasteiger partial charge in [0.15, 0.2) is 5.78 Å². The van der Waals surface area contributed by atoms with Gasteiger partial charge in [0.2, 0.25) is 0 Å². The molecule has 29 heavy (non-hydrogen) atoms. The second kappa shape index (κ2) is 7.91. The molecule has 2 aromatic rings. The first-order chi connectivity index (χ1) is 14.1. The lowest BCUT2D eigenvalue weighted by molar-refractivity contribution is -0.116. The first kappa shape index (κ1) is 18.9. The van der Waals surface area contributed by atoms with E-state index in [4.69, 9.17) is 4.74 Å². The standard InChI is InChI=1S/C23H23N3O3/c1-14-20(23(28)26-19-11-3-4-12-24-19)21(15-7-5-8-16(13-15)29-2)22-17(25-14)9-6-10-18(22)27/h3-5,7-8,11-13,21,25H,6,9-10H2,1-2H3,(H,24,26,28). The monoisotopic (exact) mass is 389 g/mol. The number of benzene rings is 1. The number of carbonyl (C=O) groups is 2. The first-order valence-corrected chi connectivity index (χ1v) is 9.69. The maximum atomic E-state index is 13.3. The molecule has 0 radical (unpaired) electrons. The van der Waals surface area contributed by atoms with E-state index in [-0.39, 0.29) is 11.7 Å². The number of aromatic nitrogens is 1. The fraction of sp³-hybridized carbons (Fsp3) is 0.261. The van der Waals surface area contributed by atoms with Crippen LogP contribution in [0.4, 0.5) is 5.82 Å². The summed E-state index contributed by atoms with van der Waals surface area (Å²) in [7, 11) is 1.60. The molecule has 0 saturated heterocycles. The number of hydrogen-bond donors (Lipinski definition) is 2. The molecule has 1 atom stereocenters. The molecule has 2 heterocycles. The van der Waals surface area contributed by atoms with Crippen LogP contribution in [0.25, 0.3) is 0 Å². The van der Waals surface area contributed by atoms with Crippen molar-refractivity contribution < 1.29 is 14.3 Å². The van der Waals surface area contributed by atoms with Crippen LogP contribution in [0, 0.1) is 0 Å². The van der Waals surface area contributed by atoms with Gasteiger partial charge in [-0.3, -0.25) is 9.59 Å². The van der Waals surface area contributed by atoms with Gasteiger partial charge in [0.25, 0.3) is 5.91 Å². The zero-order valence-electron chi connectivity index (χ0n) is 16.5. The normalized spacial score (nSPS) is 18.8. The molecule has 0 fully saturated rings. The number of ether oxygens (including phenoxy) is 1. The molecular weight excluding hydrogens is 366 g/mol. The number of carbonyl (C=O) groups excluding carboxylic acids is 2. The molecule has 6 nitrogen and oxygen atoms in total. The topological polar surface area (TPSA) is 80.3 Å². The van der Waals surface area contributed by atoms with Crippen molar-refractivity contribution in [2.75, 3.05) is 12.4 Å². The van der Waals surface area contributed by atoms with Gasteiger partial charge in [-0.15, -0.1) is 0 Å². The van der Waals surface area contributed by atoms with Gasteiger partial charge in [-0.25, -0.2) is 4.98 Å². The van der Waals surface area contributed by atoms with E-state index < -0.39 is 5.92 Å². The summed E-state index contributed by atoms with van der Waals surface area (Å²) in [6.45, 7) is 1.88. The van der Waals surface area contributed by atoms with Crippen LogP contribution in [0.1, 0.15) is 37.7 Å². The van der Waals surface area contributed by atoms with E-state index in [0.29, 0.717) is 29.1 Å². The van der Waals surface area contributed by atoms with E-state index in [1.807, 2.05) is 37.3 Å². The molecule has 2 N–H and O–H groups in total. The van der Waals surface area contributed by atoms with Crippen molar-refractivity contribution in [1.29, 1.82) is 0 Å². The highest BCUT2D eigenvalue weighted by Crippen LogP contribution is 2.43. The second-order valence-electron chi connectivity index (χ2n) is 7.21. The predicted octanol–water partition coefficient (Wildman–Crippen LogP) is 3.70. The summed E-state index contributed by atoms with van der Waals surface area (Å²) in [5.74, 6) is 0.525. The van der Waals surface area contributed by atoms with Crippen molar-refractivity contribution in [3.63, 3.8) is 0 Å². The van der Waals surface area contributed by atoms with E-state index in [1.165, 1.54) is 0 Å². The Morgan fingerprint density at radius 2 is 2.07 bits per heavy atom. The lowest BCUT2D eigenvalue weighted by Gasteiger charge is -2.34. The third kappa shape index (κ3) is 3.66. The number of methoxy groups -OCH3 is 1. The van der Waals surface area contributed by atoms with Crippen LogP contribution >= 0.6 is 0 Å². The number of pyridine rings is 1. The van der Waals surface area contributed by atoms with Crippen LogP contribution in [-0.2, 0) is 9.59 Å². The molecule has 1 amide bonds. The predicted molar refractivity (Wildman–Crippen MR) is 110 cm³/mol. The van der Waals surface area contributed by atoms with Crippen molar-refractivity contribution in [3.8, 4) is 5.75 Å². The van der Waals surface area contributed by atoms with E-state index >= 15 is 0 Å². The van der Waals surface area contributed by atoms with Gasteiger partial charge in [-0.1, -0.05) is 18.2 Å². The molecule has 1 unspecified atom stereocenters. The minimum Gasteiger partial charge on any atom is -0.497 e. The Morgan fingerprint density at radius 3 is 2.83 bits per heavy atom. The van der Waals surface area contributed by atoms with Gasteiger partial charge in [-0.2, -0.15) is 0 Å². The van der Waals surface area contributed by atoms with Crippen molar-refractivity contribution in [2.45, 2.75) is 32.1 Å². The number of dihydropyridines is 1. The Bertz CT molecular complexity index is 1020. The van der Waals surface area contributed by atoms with E-state index in [2.05, 4.69) is 15.6 Å². The second-order valence-corrected chi connectivity index (χ2v) is 7.21. The molecule has 0 saturated carbocycles. The van der Waals surface area contributed by atoms with Gasteiger partial charge in [-0.05, 0) is 49.6 Å². The quantitative estimate of drug-likeness (QED) is 0.834. The minimum atomic E-state index is -0.446. The smallest absolute Gasteiger partial charge is 0.255 e. The average molecular weight is 389 g/mol. The Kier molecular flexibility index (Phi) is 5.16. The first-order valence-electron chi connectivity index (χ1n) is 9.69. The lowest BCUT2D eigenvalue weighted by Crippen LogP contribution is -2.35. The molecule has 1 aromatic carbocycles. The van der Waals surface area contributed by atoms with Crippen LogP contribution in [0.15, 0.2) is 71.2 Å². The van der Waals surface area contributed by atoms with Gasteiger partial charge >= 0.3 is 0 Å². The largest absolute Gasteiger partial charge is 0.497 e. The fourth-order valence-corrected chi connectivity index (χ4v) is 4.06. The lowest BCUT2D eigenvalue weighted by atomic mass is 9.75. The maximum absolute atomic E-state index is 13.3. The fourth-order valence-electron chi connectivity index (χ4n) is 4.06. The molecule has 1 aromatic heterocycles. The van der Waals surface area contributed by atoms with Crippen molar-refractivity contribution in [2.24, 2.45) is 0 Å². The number of allylic oxidation sites excluding steroid dienone is 3. The van der Waals surface area contributed by atoms with E-state index in [9.17, 15) is 9.59 Å². The zero-order valence-corrected chi connectivity index (χ0v) is 16.5. The number of anilines is 1. The highest BCUT2D eigenvalue weighted by Gasteiger charge is 2.38.